The van der Waals surface area contributed by atoms with Gasteiger partial charge in [0.25, 0.3) is 0 Å². The number of aldehydes is 1. The highest BCUT2D eigenvalue weighted by Gasteiger charge is 1.86. The third-order valence-electron chi connectivity index (χ3n) is 1.17. The zero-order valence-corrected chi connectivity index (χ0v) is 6.23. The molecule has 4 heteroatoms. The zero-order chi connectivity index (χ0) is 8.53. The van der Waals surface area contributed by atoms with E-state index in [1.54, 1.807) is 0 Å². The lowest BCUT2D eigenvalue weighted by Gasteiger charge is -1.88. The summed E-state index contributed by atoms with van der Waals surface area (Å²) < 4.78 is 0. The van der Waals surface area contributed by atoms with E-state index in [1.807, 2.05) is 0 Å². The van der Waals surface area contributed by atoms with Crippen LogP contribution in [0.5, 0.6) is 0 Å². The number of rotatable bonds is 6. The summed E-state index contributed by atoms with van der Waals surface area (Å²) in [6, 6.07) is 0. The summed E-state index contributed by atoms with van der Waals surface area (Å²) in [5.74, 6) is 0. The number of unbranched alkanes of at least 4 members (excludes halogenated alkanes) is 3. The molecule has 0 atom stereocenters. The monoisotopic (exact) mass is 157 g/mol. The van der Waals surface area contributed by atoms with Crippen molar-refractivity contribution in [2.45, 2.75) is 25.7 Å². The molecule has 0 aromatic rings. The fourth-order valence-corrected chi connectivity index (χ4v) is 0.650. The Balaban J connectivity index is 3.13. The topological polar surface area (TPSA) is 60.2 Å². The van der Waals surface area contributed by atoms with Crippen molar-refractivity contribution in [1.82, 2.24) is 0 Å². The van der Waals surface area contributed by atoms with Crippen LogP contribution in [0.15, 0.2) is 12.3 Å². The lowest BCUT2D eigenvalue weighted by Crippen LogP contribution is -1.82. The van der Waals surface area contributed by atoms with Gasteiger partial charge in [0.05, 0.1) is 4.92 Å². The Bertz CT molecular complexity index is 154. The van der Waals surface area contributed by atoms with Crippen molar-refractivity contribution in [2.24, 2.45) is 0 Å². The Hall–Kier alpha value is -1.19. The first-order chi connectivity index (χ1) is 5.27. The van der Waals surface area contributed by atoms with Crippen LogP contribution < -0.4 is 0 Å². The van der Waals surface area contributed by atoms with Gasteiger partial charge < -0.3 is 4.79 Å². The first-order valence-electron chi connectivity index (χ1n) is 3.51. The maximum Gasteiger partial charge on any atom is 0.230 e. The molecule has 0 fully saturated rings. The van der Waals surface area contributed by atoms with Crippen LogP contribution in [0.1, 0.15) is 25.7 Å². The summed E-state index contributed by atoms with van der Waals surface area (Å²) >= 11 is 0. The molecule has 0 saturated carbocycles. The number of carbonyl (C=O) groups excluding carboxylic acids is 1. The third kappa shape index (κ3) is 8.81. The van der Waals surface area contributed by atoms with E-state index in [4.69, 9.17) is 0 Å². The lowest BCUT2D eigenvalue weighted by atomic mass is 10.2. The molecule has 0 aliphatic rings. The van der Waals surface area contributed by atoms with E-state index in [-0.39, 0.29) is 0 Å². The van der Waals surface area contributed by atoms with E-state index in [1.165, 1.54) is 6.08 Å². The minimum absolute atomic E-state index is 0.486. The number of nitro groups is 1. The molecule has 0 spiro atoms. The Labute approximate surface area is 65.1 Å². The predicted octanol–water partition coefficient (Wildman–Crippen LogP) is 1.54. The van der Waals surface area contributed by atoms with Crippen LogP contribution in [-0.4, -0.2) is 11.2 Å². The highest BCUT2D eigenvalue weighted by atomic mass is 16.6. The highest BCUT2D eigenvalue weighted by Crippen LogP contribution is 1.98. The van der Waals surface area contributed by atoms with Gasteiger partial charge in [-0.3, -0.25) is 10.1 Å². The number of allylic oxidation sites excluding steroid dienone is 1. The van der Waals surface area contributed by atoms with Crippen LogP contribution in [0.3, 0.4) is 0 Å². The average molecular weight is 157 g/mol. The van der Waals surface area contributed by atoms with Gasteiger partial charge in [-0.05, 0) is 25.3 Å². The fraction of sp³-hybridized carbons (Fsp3) is 0.571. The van der Waals surface area contributed by atoms with Crippen molar-refractivity contribution in [2.75, 3.05) is 0 Å². The zero-order valence-electron chi connectivity index (χ0n) is 6.23. The quantitative estimate of drug-likeness (QED) is 0.254. The van der Waals surface area contributed by atoms with Crippen LogP contribution in [0.4, 0.5) is 0 Å². The molecule has 0 aromatic carbocycles. The largest absolute Gasteiger partial charge is 0.303 e. The first kappa shape index (κ1) is 9.81. The number of nitrogens with zero attached hydrogens (tertiary/aromatic N) is 1. The van der Waals surface area contributed by atoms with Crippen molar-refractivity contribution in [1.29, 1.82) is 0 Å². The van der Waals surface area contributed by atoms with E-state index in [2.05, 4.69) is 0 Å². The first-order valence-corrected chi connectivity index (χ1v) is 3.51. The molecule has 0 aromatic heterocycles. The molecule has 0 heterocycles. The van der Waals surface area contributed by atoms with E-state index >= 15 is 0 Å². The molecule has 0 saturated heterocycles. The van der Waals surface area contributed by atoms with Crippen molar-refractivity contribution >= 4 is 6.29 Å². The van der Waals surface area contributed by atoms with Crippen molar-refractivity contribution in [3.63, 3.8) is 0 Å². The van der Waals surface area contributed by atoms with Crippen molar-refractivity contribution in [3.8, 4) is 0 Å². The summed E-state index contributed by atoms with van der Waals surface area (Å²) in [5, 5.41) is 9.75. The molecule has 0 rings (SSSR count). The third-order valence-corrected chi connectivity index (χ3v) is 1.17. The number of carbonyl (C=O) groups is 1. The standard InChI is InChI=1S/C7H11NO3/c9-7-5-3-1-2-4-6-8(10)11/h4,6-7H,1-3,5H2/b6-4+. The summed E-state index contributed by atoms with van der Waals surface area (Å²) in [6.07, 6.45) is 6.17. The molecular weight excluding hydrogens is 146 g/mol. The molecule has 4 nitrogen and oxygen atoms in total. The molecule has 0 amide bonds. The molecule has 0 aliphatic carbocycles. The van der Waals surface area contributed by atoms with E-state index in [9.17, 15) is 14.9 Å². The van der Waals surface area contributed by atoms with Gasteiger partial charge in [0, 0.05) is 6.42 Å². The Kier molecular flexibility index (Phi) is 6.17. The average Bonchev–Trinajstić information content (AvgIpc) is 1.96. The molecule has 0 unspecified atom stereocenters. The Morgan fingerprint density at radius 2 is 1.91 bits per heavy atom. The molecule has 62 valence electrons. The van der Waals surface area contributed by atoms with Crippen LogP contribution in [0.25, 0.3) is 0 Å². The summed E-state index contributed by atoms with van der Waals surface area (Å²) in [5.41, 5.74) is 0. The van der Waals surface area contributed by atoms with Gasteiger partial charge in [0.1, 0.15) is 6.29 Å². The minimum Gasteiger partial charge on any atom is -0.303 e. The van der Waals surface area contributed by atoms with Crippen LogP contribution in [0.2, 0.25) is 0 Å². The van der Waals surface area contributed by atoms with Gasteiger partial charge in [-0.15, -0.1) is 0 Å². The van der Waals surface area contributed by atoms with Gasteiger partial charge in [0.15, 0.2) is 0 Å². The maximum absolute atomic E-state index is 9.82. The van der Waals surface area contributed by atoms with Gasteiger partial charge in [0.2, 0.25) is 6.20 Å². The van der Waals surface area contributed by atoms with E-state index in [0.717, 1.165) is 25.3 Å². The van der Waals surface area contributed by atoms with Gasteiger partial charge >= 0.3 is 0 Å². The summed E-state index contributed by atoms with van der Waals surface area (Å²) in [7, 11) is 0. The van der Waals surface area contributed by atoms with Crippen LogP contribution >= 0.6 is 0 Å². The number of hydrogen-bond acceptors (Lipinski definition) is 3. The Morgan fingerprint density at radius 1 is 1.27 bits per heavy atom. The molecule has 0 aliphatic heterocycles. The van der Waals surface area contributed by atoms with E-state index in [0.29, 0.717) is 12.8 Å². The van der Waals surface area contributed by atoms with Crippen LogP contribution in [0, 0.1) is 10.1 Å². The molecule has 11 heavy (non-hydrogen) atoms. The molecule has 0 bridgehead atoms. The van der Waals surface area contributed by atoms with Crippen molar-refractivity contribution in [3.05, 3.63) is 22.4 Å². The lowest BCUT2D eigenvalue weighted by molar-refractivity contribution is -0.402. The second-order valence-corrected chi connectivity index (χ2v) is 2.12. The summed E-state index contributed by atoms with van der Waals surface area (Å²) in [4.78, 5) is 19.1. The summed E-state index contributed by atoms with van der Waals surface area (Å²) in [6.45, 7) is 0. The van der Waals surface area contributed by atoms with Crippen LogP contribution in [-0.2, 0) is 4.79 Å². The smallest absolute Gasteiger partial charge is 0.230 e. The van der Waals surface area contributed by atoms with Crippen molar-refractivity contribution < 1.29 is 9.72 Å². The maximum atomic E-state index is 9.82. The highest BCUT2D eigenvalue weighted by molar-refractivity contribution is 5.48. The second kappa shape index (κ2) is 6.92. The van der Waals surface area contributed by atoms with Gasteiger partial charge in [-0.2, -0.15) is 0 Å². The Morgan fingerprint density at radius 3 is 2.45 bits per heavy atom. The second-order valence-electron chi connectivity index (χ2n) is 2.12. The fourth-order valence-electron chi connectivity index (χ4n) is 0.650. The minimum atomic E-state index is -0.486. The van der Waals surface area contributed by atoms with E-state index < -0.39 is 4.92 Å². The molecular formula is C7H11NO3. The molecule has 0 N–H and O–H groups in total. The van der Waals surface area contributed by atoms with Gasteiger partial charge in [-0.25, -0.2) is 0 Å². The molecule has 0 radical (unpaired) electrons. The number of hydrogen-bond donors (Lipinski definition) is 0. The predicted molar refractivity (Wildman–Crippen MR) is 40.7 cm³/mol. The normalized spacial score (nSPS) is 10.2. The SMILES string of the molecule is O=CCCCC/C=C/[N+](=O)[O-]. The van der Waals surface area contributed by atoms with Gasteiger partial charge in [-0.1, -0.05) is 0 Å².